The predicted molar refractivity (Wildman–Crippen MR) is 71.2 cm³/mol. The van der Waals surface area contributed by atoms with Crippen LogP contribution in [0.5, 0.6) is 0 Å². The Balaban J connectivity index is 1.98. The third-order valence-corrected chi connectivity index (χ3v) is 2.86. The third kappa shape index (κ3) is 2.03. The molecule has 6 heteroatoms. The summed E-state index contributed by atoms with van der Waals surface area (Å²) in [5.74, 6) is -0.235. The van der Waals surface area contributed by atoms with Crippen LogP contribution in [-0.2, 0) is 4.74 Å². The van der Waals surface area contributed by atoms with Crippen molar-refractivity contribution in [2.24, 2.45) is 4.99 Å². The Morgan fingerprint density at radius 1 is 1.00 bits per heavy atom. The summed E-state index contributed by atoms with van der Waals surface area (Å²) in [6.45, 7) is 0. The van der Waals surface area contributed by atoms with Gasteiger partial charge in [-0.25, -0.2) is 9.79 Å². The summed E-state index contributed by atoms with van der Waals surface area (Å²) in [6, 6.07) is 12.6. The number of aliphatic imine (C=N–C) groups is 1. The smallest absolute Gasteiger partial charge is 0.345 e. The minimum Gasteiger partial charge on any atom is -0.403 e. The highest BCUT2D eigenvalue weighted by Gasteiger charge is 2.27. The molecule has 0 saturated carbocycles. The molecule has 3 rings (SSSR count). The Hall–Kier alpha value is -3.02. The number of ether oxygens (including phenoxy) is 1. The highest BCUT2D eigenvalue weighted by molar-refractivity contribution is 6.17. The number of fused-ring (bicyclic) bond motifs is 1. The van der Waals surface area contributed by atoms with Gasteiger partial charge < -0.3 is 4.74 Å². The Morgan fingerprint density at radius 3 is 2.30 bits per heavy atom. The van der Waals surface area contributed by atoms with Gasteiger partial charge in [-0.1, -0.05) is 12.1 Å². The van der Waals surface area contributed by atoms with Crippen molar-refractivity contribution in [3.05, 3.63) is 69.8 Å². The lowest BCUT2D eigenvalue weighted by Gasteiger charge is -1.98. The second-order valence-corrected chi connectivity index (χ2v) is 4.13. The van der Waals surface area contributed by atoms with Crippen LogP contribution in [0.3, 0.4) is 0 Å². The summed E-state index contributed by atoms with van der Waals surface area (Å²) in [6.07, 6.45) is 0. The number of nitro benzene ring substituents is 1. The van der Waals surface area contributed by atoms with Crippen LogP contribution in [0.4, 0.5) is 11.4 Å². The molecule has 0 atom stereocenters. The van der Waals surface area contributed by atoms with Crippen molar-refractivity contribution >= 4 is 23.2 Å². The van der Waals surface area contributed by atoms with Gasteiger partial charge in [0.05, 0.1) is 21.7 Å². The Kier molecular flexibility index (Phi) is 2.76. The number of hydrogen-bond donors (Lipinski definition) is 0. The third-order valence-electron chi connectivity index (χ3n) is 2.86. The number of carbonyl (C=O) groups is 1. The quantitative estimate of drug-likeness (QED) is 0.476. The lowest BCUT2D eigenvalue weighted by Crippen LogP contribution is -1.99. The van der Waals surface area contributed by atoms with Gasteiger partial charge in [-0.3, -0.25) is 10.1 Å². The highest BCUT2D eigenvalue weighted by atomic mass is 16.6. The zero-order valence-electron chi connectivity index (χ0n) is 10.1. The van der Waals surface area contributed by atoms with Gasteiger partial charge in [-0.2, -0.15) is 0 Å². The first kappa shape index (κ1) is 12.0. The molecule has 0 fully saturated rings. The molecule has 2 aromatic carbocycles. The Labute approximate surface area is 113 Å². The summed E-state index contributed by atoms with van der Waals surface area (Å²) >= 11 is 0. The van der Waals surface area contributed by atoms with Gasteiger partial charge in [0.1, 0.15) is 0 Å². The number of rotatable bonds is 2. The number of benzene rings is 2. The maximum Gasteiger partial charge on any atom is 0.345 e. The number of cyclic esters (lactones) is 1. The number of carbonyl (C=O) groups excluding carboxylic acids is 1. The molecule has 1 aliphatic rings. The molecule has 1 heterocycles. The van der Waals surface area contributed by atoms with E-state index < -0.39 is 10.9 Å². The molecular formula is C14H8N2O4. The van der Waals surface area contributed by atoms with Gasteiger partial charge in [0, 0.05) is 12.1 Å². The van der Waals surface area contributed by atoms with E-state index in [1.165, 1.54) is 24.3 Å². The molecule has 0 unspecified atom stereocenters. The molecule has 0 amide bonds. The van der Waals surface area contributed by atoms with Crippen molar-refractivity contribution in [2.45, 2.75) is 0 Å². The second kappa shape index (κ2) is 4.58. The molecule has 0 saturated heterocycles. The molecule has 0 spiro atoms. The fourth-order valence-electron chi connectivity index (χ4n) is 1.89. The minimum absolute atomic E-state index is 0.0160. The van der Waals surface area contributed by atoms with Crippen molar-refractivity contribution < 1.29 is 14.5 Å². The second-order valence-electron chi connectivity index (χ2n) is 4.13. The van der Waals surface area contributed by atoms with Crippen molar-refractivity contribution in [3.8, 4) is 0 Å². The van der Waals surface area contributed by atoms with Crippen LogP contribution in [0.15, 0.2) is 53.5 Å². The Morgan fingerprint density at radius 2 is 1.65 bits per heavy atom. The van der Waals surface area contributed by atoms with E-state index in [2.05, 4.69) is 4.99 Å². The van der Waals surface area contributed by atoms with Crippen molar-refractivity contribution in [3.63, 3.8) is 0 Å². The van der Waals surface area contributed by atoms with E-state index in [0.717, 1.165) is 0 Å². The fraction of sp³-hybridized carbons (Fsp3) is 0. The maximum absolute atomic E-state index is 11.6. The van der Waals surface area contributed by atoms with Crippen LogP contribution in [0, 0.1) is 10.1 Å². The molecule has 0 aliphatic carbocycles. The summed E-state index contributed by atoms with van der Waals surface area (Å²) in [5.41, 5.74) is 1.55. The van der Waals surface area contributed by atoms with E-state index in [4.69, 9.17) is 4.74 Å². The Bertz CT molecular complexity index is 735. The minimum atomic E-state index is -0.484. The SMILES string of the molecule is O=C1OC(=Nc2ccc([N+](=O)[O-])cc2)c2ccccc21. The molecule has 98 valence electrons. The molecule has 0 bridgehead atoms. The van der Waals surface area contributed by atoms with E-state index in [9.17, 15) is 14.9 Å². The first-order valence-electron chi connectivity index (χ1n) is 5.80. The van der Waals surface area contributed by atoms with Crippen LogP contribution in [0.2, 0.25) is 0 Å². The molecule has 2 aromatic rings. The van der Waals surface area contributed by atoms with Crippen LogP contribution < -0.4 is 0 Å². The number of non-ortho nitro benzene ring substituents is 1. The topological polar surface area (TPSA) is 81.8 Å². The molecule has 1 aliphatic heterocycles. The van der Waals surface area contributed by atoms with Crippen LogP contribution in [0.25, 0.3) is 0 Å². The average Bonchev–Trinajstić information content (AvgIpc) is 2.77. The number of nitrogens with zero attached hydrogens (tertiary/aromatic N) is 2. The largest absolute Gasteiger partial charge is 0.403 e. The summed E-state index contributed by atoms with van der Waals surface area (Å²) in [7, 11) is 0. The average molecular weight is 268 g/mol. The van der Waals surface area contributed by atoms with E-state index in [0.29, 0.717) is 16.8 Å². The maximum atomic E-state index is 11.6. The van der Waals surface area contributed by atoms with Gasteiger partial charge in [-0.05, 0) is 24.3 Å². The normalized spacial score (nSPS) is 15.0. The zero-order chi connectivity index (χ0) is 14.1. The standard InChI is InChI=1S/C14H8N2O4/c17-14-12-4-2-1-3-11(12)13(20-14)15-9-5-7-10(8-6-9)16(18)19/h1-8H. The van der Waals surface area contributed by atoms with Gasteiger partial charge in [-0.15, -0.1) is 0 Å². The first-order chi connectivity index (χ1) is 9.65. The predicted octanol–water partition coefficient (Wildman–Crippen LogP) is 2.84. The number of nitro groups is 1. The highest BCUT2D eigenvalue weighted by Crippen LogP contribution is 2.24. The fourth-order valence-corrected chi connectivity index (χ4v) is 1.89. The molecule has 0 aromatic heterocycles. The molecule has 6 nitrogen and oxygen atoms in total. The van der Waals surface area contributed by atoms with E-state index in [1.54, 1.807) is 24.3 Å². The van der Waals surface area contributed by atoms with Crippen molar-refractivity contribution in [1.29, 1.82) is 0 Å². The number of esters is 1. The van der Waals surface area contributed by atoms with Gasteiger partial charge >= 0.3 is 5.97 Å². The van der Waals surface area contributed by atoms with Crippen LogP contribution >= 0.6 is 0 Å². The molecular weight excluding hydrogens is 260 g/mol. The van der Waals surface area contributed by atoms with Gasteiger partial charge in [0.25, 0.3) is 5.69 Å². The lowest BCUT2D eigenvalue weighted by molar-refractivity contribution is -0.384. The summed E-state index contributed by atoms with van der Waals surface area (Å²) in [5, 5.41) is 10.6. The van der Waals surface area contributed by atoms with Gasteiger partial charge in [0.2, 0.25) is 5.90 Å². The molecule has 20 heavy (non-hydrogen) atoms. The lowest BCUT2D eigenvalue weighted by atomic mass is 10.1. The zero-order valence-corrected chi connectivity index (χ0v) is 10.1. The van der Waals surface area contributed by atoms with Crippen LogP contribution in [-0.4, -0.2) is 16.8 Å². The van der Waals surface area contributed by atoms with E-state index in [-0.39, 0.29) is 11.6 Å². The molecule has 0 radical (unpaired) electrons. The summed E-state index contributed by atoms with van der Waals surface area (Å²) < 4.78 is 5.09. The summed E-state index contributed by atoms with van der Waals surface area (Å²) in [4.78, 5) is 25.9. The monoisotopic (exact) mass is 268 g/mol. The first-order valence-corrected chi connectivity index (χ1v) is 5.80. The number of hydrogen-bond acceptors (Lipinski definition) is 5. The van der Waals surface area contributed by atoms with E-state index >= 15 is 0 Å². The van der Waals surface area contributed by atoms with Crippen LogP contribution in [0.1, 0.15) is 15.9 Å². The van der Waals surface area contributed by atoms with Crippen molar-refractivity contribution in [2.75, 3.05) is 0 Å². The van der Waals surface area contributed by atoms with Gasteiger partial charge in [0.15, 0.2) is 0 Å². The van der Waals surface area contributed by atoms with E-state index in [1.807, 2.05) is 0 Å². The van der Waals surface area contributed by atoms with Crippen molar-refractivity contribution in [1.82, 2.24) is 0 Å². The molecule has 0 N–H and O–H groups in total.